The summed E-state index contributed by atoms with van der Waals surface area (Å²) >= 11 is 1.72. The van der Waals surface area contributed by atoms with Crippen LogP contribution < -0.4 is 5.32 Å². The average molecular weight is 235 g/mol. The van der Waals surface area contributed by atoms with E-state index in [1.807, 2.05) is 0 Å². The van der Waals surface area contributed by atoms with Crippen LogP contribution in [0.4, 0.5) is 0 Å². The summed E-state index contributed by atoms with van der Waals surface area (Å²) in [5.74, 6) is 2.06. The van der Waals surface area contributed by atoms with Crippen molar-refractivity contribution in [1.82, 2.24) is 5.32 Å². The summed E-state index contributed by atoms with van der Waals surface area (Å²) in [4.78, 5) is 0. The molecule has 2 nitrogen and oxygen atoms in total. The zero-order valence-corrected chi connectivity index (χ0v) is 10.5. The van der Waals surface area contributed by atoms with Crippen LogP contribution in [0.5, 0.6) is 0 Å². The highest BCUT2D eigenvalue weighted by Gasteiger charge is 2.16. The van der Waals surface area contributed by atoms with Gasteiger partial charge in [0.1, 0.15) is 11.5 Å². The maximum Gasteiger partial charge on any atom is 0.125 e. The number of thiophene rings is 1. The molecule has 2 heterocycles. The average Bonchev–Trinajstić information content (AvgIpc) is 2.97. The molecular weight excluding hydrogens is 218 g/mol. The van der Waals surface area contributed by atoms with Crippen LogP contribution in [0.3, 0.4) is 0 Å². The summed E-state index contributed by atoms with van der Waals surface area (Å²) in [7, 11) is 0. The molecular formula is C13H17NOS. The molecule has 3 heteroatoms. The molecule has 0 spiro atoms. The molecule has 86 valence electrons. The van der Waals surface area contributed by atoms with Gasteiger partial charge < -0.3 is 9.73 Å². The van der Waals surface area contributed by atoms with Crippen LogP contribution >= 0.6 is 11.3 Å². The molecule has 0 aliphatic carbocycles. The topological polar surface area (TPSA) is 25.2 Å². The van der Waals surface area contributed by atoms with Crippen molar-refractivity contribution in [3.63, 3.8) is 0 Å². The van der Waals surface area contributed by atoms with E-state index in [-0.39, 0.29) is 6.04 Å². The minimum absolute atomic E-state index is 0.191. The Balaban J connectivity index is 2.25. The van der Waals surface area contributed by atoms with Gasteiger partial charge in [0.2, 0.25) is 0 Å². The quantitative estimate of drug-likeness (QED) is 0.856. The van der Waals surface area contributed by atoms with Crippen LogP contribution in [0.1, 0.15) is 37.0 Å². The smallest absolute Gasteiger partial charge is 0.125 e. The highest BCUT2D eigenvalue weighted by Crippen LogP contribution is 2.25. The summed E-state index contributed by atoms with van der Waals surface area (Å²) in [6.45, 7) is 5.15. The second-order valence-corrected chi connectivity index (χ2v) is 4.49. The van der Waals surface area contributed by atoms with Crippen LogP contribution in [-0.2, 0) is 6.42 Å². The first-order valence-electron chi connectivity index (χ1n) is 5.69. The van der Waals surface area contributed by atoms with Gasteiger partial charge in [-0.1, -0.05) is 13.8 Å². The van der Waals surface area contributed by atoms with Gasteiger partial charge in [-0.2, -0.15) is 11.3 Å². The molecule has 0 saturated carbocycles. The minimum Gasteiger partial charge on any atom is -0.464 e. The van der Waals surface area contributed by atoms with E-state index in [1.54, 1.807) is 11.3 Å². The summed E-state index contributed by atoms with van der Waals surface area (Å²) in [5, 5.41) is 7.72. The molecule has 1 N–H and O–H groups in total. The molecule has 0 aliphatic rings. The van der Waals surface area contributed by atoms with Gasteiger partial charge in [-0.3, -0.25) is 0 Å². The van der Waals surface area contributed by atoms with E-state index >= 15 is 0 Å². The van der Waals surface area contributed by atoms with Gasteiger partial charge >= 0.3 is 0 Å². The molecule has 0 saturated heterocycles. The summed E-state index contributed by atoms with van der Waals surface area (Å²) in [5.41, 5.74) is 1.28. The van der Waals surface area contributed by atoms with Gasteiger partial charge in [0.05, 0.1) is 6.04 Å². The molecule has 16 heavy (non-hydrogen) atoms. The Labute approximate surface area is 100 Å². The number of hydrogen-bond acceptors (Lipinski definition) is 3. The fourth-order valence-corrected chi connectivity index (χ4v) is 2.45. The first-order valence-corrected chi connectivity index (χ1v) is 6.63. The molecule has 0 radical (unpaired) electrons. The Hall–Kier alpha value is -1.06. The fourth-order valence-electron chi connectivity index (χ4n) is 1.77. The van der Waals surface area contributed by atoms with E-state index in [0.29, 0.717) is 0 Å². The van der Waals surface area contributed by atoms with E-state index < -0.39 is 0 Å². The van der Waals surface area contributed by atoms with Crippen molar-refractivity contribution >= 4 is 11.3 Å². The first-order chi connectivity index (χ1) is 7.85. The molecule has 0 aliphatic heterocycles. The molecule has 0 fully saturated rings. The van der Waals surface area contributed by atoms with E-state index in [4.69, 9.17) is 4.42 Å². The number of rotatable bonds is 5. The second kappa shape index (κ2) is 5.32. The van der Waals surface area contributed by atoms with Crippen molar-refractivity contribution in [2.24, 2.45) is 0 Å². The zero-order valence-electron chi connectivity index (χ0n) is 9.69. The van der Waals surface area contributed by atoms with Crippen molar-refractivity contribution in [3.8, 4) is 0 Å². The Kier molecular flexibility index (Phi) is 3.80. The van der Waals surface area contributed by atoms with E-state index in [9.17, 15) is 0 Å². The fraction of sp³-hybridized carbons (Fsp3) is 0.385. The van der Waals surface area contributed by atoms with Crippen LogP contribution in [0.15, 0.2) is 33.4 Å². The number of furan rings is 1. The third-order valence-electron chi connectivity index (χ3n) is 2.60. The number of aryl methyl sites for hydroxylation is 1. The van der Waals surface area contributed by atoms with E-state index in [1.165, 1.54) is 5.56 Å². The van der Waals surface area contributed by atoms with Crippen LogP contribution in [0.25, 0.3) is 0 Å². The maximum atomic E-state index is 5.81. The maximum absolute atomic E-state index is 5.81. The Morgan fingerprint density at radius 1 is 1.31 bits per heavy atom. The molecule has 0 aromatic carbocycles. The molecule has 2 rings (SSSR count). The van der Waals surface area contributed by atoms with Gasteiger partial charge in [-0.05, 0) is 41.1 Å². The Bertz CT molecular complexity index is 419. The summed E-state index contributed by atoms with van der Waals surface area (Å²) < 4.78 is 5.81. The SMILES string of the molecule is CCNC(c1ccsc1)c1ccc(CC)o1. The zero-order chi connectivity index (χ0) is 11.4. The summed E-state index contributed by atoms with van der Waals surface area (Å²) in [6, 6.07) is 6.47. The van der Waals surface area contributed by atoms with Gasteiger partial charge in [0.15, 0.2) is 0 Å². The van der Waals surface area contributed by atoms with Crippen molar-refractivity contribution in [2.75, 3.05) is 6.54 Å². The normalized spacial score (nSPS) is 12.9. The molecule has 2 aromatic heterocycles. The highest BCUT2D eigenvalue weighted by atomic mass is 32.1. The highest BCUT2D eigenvalue weighted by molar-refractivity contribution is 7.08. The predicted octanol–water partition coefficient (Wildman–Crippen LogP) is 3.60. The monoisotopic (exact) mass is 235 g/mol. The van der Waals surface area contributed by atoms with E-state index in [0.717, 1.165) is 24.5 Å². The lowest BCUT2D eigenvalue weighted by atomic mass is 10.1. The van der Waals surface area contributed by atoms with E-state index in [2.05, 4.69) is 48.1 Å². The molecule has 2 aromatic rings. The van der Waals surface area contributed by atoms with Gasteiger partial charge in [-0.15, -0.1) is 0 Å². The van der Waals surface area contributed by atoms with Crippen molar-refractivity contribution in [1.29, 1.82) is 0 Å². The summed E-state index contributed by atoms with van der Waals surface area (Å²) in [6.07, 6.45) is 0.947. The lowest BCUT2D eigenvalue weighted by Gasteiger charge is -2.14. The predicted molar refractivity (Wildman–Crippen MR) is 67.9 cm³/mol. The number of hydrogen-bond donors (Lipinski definition) is 1. The standard InChI is InChI=1S/C13H17NOS/c1-3-11-5-6-12(15-11)13(14-4-2)10-7-8-16-9-10/h5-9,13-14H,3-4H2,1-2H3. The van der Waals surface area contributed by atoms with Gasteiger partial charge in [-0.25, -0.2) is 0 Å². The second-order valence-electron chi connectivity index (χ2n) is 3.71. The van der Waals surface area contributed by atoms with Gasteiger partial charge in [0.25, 0.3) is 0 Å². The number of nitrogens with one attached hydrogen (secondary N) is 1. The lowest BCUT2D eigenvalue weighted by Crippen LogP contribution is -2.20. The molecule has 1 atom stereocenters. The van der Waals surface area contributed by atoms with Crippen LogP contribution in [-0.4, -0.2) is 6.54 Å². The third kappa shape index (κ3) is 2.36. The first kappa shape index (κ1) is 11.4. The lowest BCUT2D eigenvalue weighted by molar-refractivity contribution is 0.426. The third-order valence-corrected chi connectivity index (χ3v) is 3.30. The van der Waals surface area contributed by atoms with Crippen molar-refractivity contribution < 1.29 is 4.42 Å². The molecule has 1 unspecified atom stereocenters. The van der Waals surface area contributed by atoms with Crippen LogP contribution in [0, 0.1) is 0 Å². The van der Waals surface area contributed by atoms with Gasteiger partial charge in [0, 0.05) is 6.42 Å². The Morgan fingerprint density at radius 2 is 2.19 bits per heavy atom. The van der Waals surface area contributed by atoms with Crippen molar-refractivity contribution in [3.05, 3.63) is 46.0 Å². The van der Waals surface area contributed by atoms with Crippen molar-refractivity contribution in [2.45, 2.75) is 26.3 Å². The minimum atomic E-state index is 0.191. The molecule has 0 amide bonds. The Morgan fingerprint density at radius 3 is 2.75 bits per heavy atom. The largest absolute Gasteiger partial charge is 0.464 e. The van der Waals surface area contributed by atoms with Crippen LogP contribution in [0.2, 0.25) is 0 Å². The molecule has 0 bridgehead atoms.